The second-order valence-corrected chi connectivity index (χ2v) is 14.6. The standard InChI is InChI=1S/C33H24O2S3/c1-22-18-20-23(21-19-22)38(34,35)33(30-16-8-6-12-26(30)27-13-7-9-17-31(27)33)37-36-32-28-14-4-2-10-24(28)25-11-3-5-15-29(25)32/h2-21,32H,1H3. The molecule has 0 radical (unpaired) electrons. The van der Waals surface area contributed by atoms with Crippen molar-refractivity contribution < 1.29 is 8.42 Å². The van der Waals surface area contributed by atoms with Gasteiger partial charge in [0.05, 0.1) is 10.1 Å². The Morgan fingerprint density at radius 1 is 0.579 bits per heavy atom. The molecule has 0 saturated carbocycles. The molecule has 0 heterocycles. The van der Waals surface area contributed by atoms with Crippen molar-refractivity contribution in [3.8, 4) is 22.3 Å². The van der Waals surface area contributed by atoms with Gasteiger partial charge in [0.15, 0.2) is 4.08 Å². The Hall–Kier alpha value is -3.25. The van der Waals surface area contributed by atoms with Crippen molar-refractivity contribution >= 4 is 31.4 Å². The van der Waals surface area contributed by atoms with Crippen molar-refractivity contribution in [2.24, 2.45) is 0 Å². The lowest BCUT2D eigenvalue weighted by Gasteiger charge is -2.31. The van der Waals surface area contributed by atoms with Gasteiger partial charge >= 0.3 is 0 Å². The van der Waals surface area contributed by atoms with E-state index in [1.165, 1.54) is 33.0 Å². The largest absolute Gasteiger partial charge is 0.221 e. The van der Waals surface area contributed by atoms with E-state index in [-0.39, 0.29) is 5.25 Å². The molecular formula is C33H24O2S3. The molecule has 0 fully saturated rings. The van der Waals surface area contributed by atoms with Crippen molar-refractivity contribution in [3.05, 3.63) is 149 Å². The zero-order valence-corrected chi connectivity index (χ0v) is 23.1. The first-order valence-corrected chi connectivity index (χ1v) is 16.3. The number of hydrogen-bond donors (Lipinski definition) is 0. The van der Waals surface area contributed by atoms with Crippen LogP contribution >= 0.6 is 21.6 Å². The van der Waals surface area contributed by atoms with E-state index in [9.17, 15) is 8.42 Å². The zero-order valence-electron chi connectivity index (χ0n) is 20.7. The summed E-state index contributed by atoms with van der Waals surface area (Å²) < 4.78 is 28.4. The molecule has 0 aliphatic heterocycles. The fraction of sp³-hybridized carbons (Fsp3) is 0.0909. The molecular weight excluding hydrogens is 525 g/mol. The van der Waals surface area contributed by atoms with Crippen LogP contribution in [0.4, 0.5) is 0 Å². The van der Waals surface area contributed by atoms with Crippen LogP contribution in [0.5, 0.6) is 0 Å². The molecule has 38 heavy (non-hydrogen) atoms. The van der Waals surface area contributed by atoms with Gasteiger partial charge in [-0.25, -0.2) is 8.42 Å². The molecule has 0 atom stereocenters. The lowest BCUT2D eigenvalue weighted by atomic mass is 10.1. The molecule has 0 unspecified atom stereocenters. The Bertz CT molecular complexity index is 1720. The Balaban J connectivity index is 1.44. The van der Waals surface area contributed by atoms with E-state index in [1.807, 2.05) is 67.6 Å². The fourth-order valence-corrected chi connectivity index (χ4v) is 12.6. The number of benzene rings is 5. The zero-order chi connectivity index (χ0) is 25.9. The Kier molecular flexibility index (Phi) is 5.59. The minimum atomic E-state index is -3.85. The van der Waals surface area contributed by atoms with Gasteiger partial charge in [-0.2, -0.15) is 0 Å². The van der Waals surface area contributed by atoms with Gasteiger partial charge in [-0.05, 0) is 63.6 Å². The van der Waals surface area contributed by atoms with Gasteiger partial charge in [-0.1, -0.05) is 136 Å². The molecule has 5 aromatic rings. The van der Waals surface area contributed by atoms with Crippen LogP contribution in [0.1, 0.15) is 33.1 Å². The van der Waals surface area contributed by atoms with E-state index in [0.29, 0.717) is 4.90 Å². The first-order valence-electron chi connectivity index (χ1n) is 12.6. The summed E-state index contributed by atoms with van der Waals surface area (Å²) >= 11 is 0. The predicted octanol–water partition coefficient (Wildman–Crippen LogP) is 8.80. The van der Waals surface area contributed by atoms with E-state index < -0.39 is 13.9 Å². The van der Waals surface area contributed by atoms with Gasteiger partial charge in [0.1, 0.15) is 0 Å². The summed E-state index contributed by atoms with van der Waals surface area (Å²) in [6, 6.07) is 40.2. The van der Waals surface area contributed by atoms with Gasteiger partial charge in [0.2, 0.25) is 9.84 Å². The molecule has 0 bridgehead atoms. The normalized spacial score (nSPS) is 15.0. The quantitative estimate of drug-likeness (QED) is 0.206. The number of fused-ring (bicyclic) bond motifs is 6. The summed E-state index contributed by atoms with van der Waals surface area (Å²) in [5.74, 6) is 0. The number of rotatable bonds is 5. The third-order valence-electron chi connectivity index (χ3n) is 7.60. The molecule has 5 aromatic carbocycles. The van der Waals surface area contributed by atoms with Crippen LogP contribution in [-0.4, -0.2) is 8.42 Å². The SMILES string of the molecule is Cc1ccc(S(=O)(=O)C2(SSC3c4ccccc4-c4ccccc43)c3ccccc3-c3ccccc32)cc1. The summed E-state index contributed by atoms with van der Waals surface area (Å²) in [4.78, 5) is 0.343. The Morgan fingerprint density at radius 2 is 1.03 bits per heavy atom. The number of aryl methyl sites for hydroxylation is 1. The lowest BCUT2D eigenvalue weighted by molar-refractivity contribution is 0.586. The molecule has 0 N–H and O–H groups in total. The van der Waals surface area contributed by atoms with Crippen LogP contribution in [0.2, 0.25) is 0 Å². The van der Waals surface area contributed by atoms with E-state index in [4.69, 9.17) is 0 Å². The highest BCUT2D eigenvalue weighted by Crippen LogP contribution is 2.66. The Morgan fingerprint density at radius 3 is 1.55 bits per heavy atom. The molecule has 7 rings (SSSR count). The summed E-state index contributed by atoms with van der Waals surface area (Å²) in [6.07, 6.45) is 0. The minimum absolute atomic E-state index is 0.0254. The van der Waals surface area contributed by atoms with E-state index >= 15 is 0 Å². The molecule has 2 aliphatic rings. The molecule has 5 heteroatoms. The average Bonchev–Trinajstić information content (AvgIpc) is 3.43. The molecule has 0 amide bonds. The summed E-state index contributed by atoms with van der Waals surface area (Å²) in [7, 11) is -0.717. The topological polar surface area (TPSA) is 34.1 Å². The van der Waals surface area contributed by atoms with Gasteiger partial charge in [-0.3, -0.25) is 0 Å². The summed E-state index contributed by atoms with van der Waals surface area (Å²) in [6.45, 7) is 1.98. The van der Waals surface area contributed by atoms with Crippen molar-refractivity contribution in [2.75, 3.05) is 0 Å². The predicted molar refractivity (Wildman–Crippen MR) is 160 cm³/mol. The molecule has 2 nitrogen and oxygen atoms in total. The van der Waals surface area contributed by atoms with Crippen molar-refractivity contribution in [2.45, 2.75) is 21.1 Å². The van der Waals surface area contributed by atoms with Crippen LogP contribution in [0, 0.1) is 6.92 Å². The second kappa shape index (κ2) is 8.91. The molecule has 0 spiro atoms. The lowest BCUT2D eigenvalue weighted by Crippen LogP contribution is -2.31. The highest BCUT2D eigenvalue weighted by molar-refractivity contribution is 8.78. The van der Waals surface area contributed by atoms with Crippen LogP contribution in [0.15, 0.2) is 126 Å². The smallest absolute Gasteiger partial charge is 0.202 e. The van der Waals surface area contributed by atoms with E-state index in [2.05, 4.69) is 48.5 Å². The Labute approximate surface area is 231 Å². The first-order chi connectivity index (χ1) is 18.5. The van der Waals surface area contributed by atoms with Gasteiger partial charge in [-0.15, -0.1) is 0 Å². The van der Waals surface area contributed by atoms with Crippen LogP contribution in [-0.2, 0) is 13.9 Å². The maximum atomic E-state index is 14.9. The summed E-state index contributed by atoms with van der Waals surface area (Å²) in [5, 5.41) is 0.0254. The van der Waals surface area contributed by atoms with Crippen molar-refractivity contribution in [1.29, 1.82) is 0 Å². The average molecular weight is 549 g/mol. The van der Waals surface area contributed by atoms with E-state index in [1.54, 1.807) is 22.9 Å². The van der Waals surface area contributed by atoms with Gasteiger partial charge < -0.3 is 0 Å². The number of hydrogen-bond acceptors (Lipinski definition) is 4. The molecule has 2 aliphatic carbocycles. The van der Waals surface area contributed by atoms with E-state index in [0.717, 1.165) is 27.8 Å². The van der Waals surface area contributed by atoms with Gasteiger partial charge in [0, 0.05) is 0 Å². The maximum absolute atomic E-state index is 14.9. The fourth-order valence-electron chi connectivity index (χ4n) is 5.79. The van der Waals surface area contributed by atoms with Crippen molar-refractivity contribution in [1.82, 2.24) is 0 Å². The molecule has 0 saturated heterocycles. The second-order valence-electron chi connectivity index (χ2n) is 9.76. The monoisotopic (exact) mass is 548 g/mol. The molecule has 186 valence electrons. The van der Waals surface area contributed by atoms with Gasteiger partial charge in [0.25, 0.3) is 0 Å². The van der Waals surface area contributed by atoms with Crippen molar-refractivity contribution in [3.63, 3.8) is 0 Å². The third kappa shape index (κ3) is 3.32. The highest BCUT2D eigenvalue weighted by atomic mass is 33.1. The first kappa shape index (κ1) is 23.8. The minimum Gasteiger partial charge on any atom is -0.221 e. The molecule has 0 aromatic heterocycles. The third-order valence-corrected chi connectivity index (χ3v) is 14.0. The maximum Gasteiger partial charge on any atom is 0.202 e. The van der Waals surface area contributed by atoms with Crippen LogP contribution < -0.4 is 0 Å². The summed E-state index contributed by atoms with van der Waals surface area (Å²) in [5.41, 5.74) is 9.58. The number of sulfone groups is 1. The van der Waals surface area contributed by atoms with Crippen LogP contribution in [0.25, 0.3) is 22.3 Å². The highest BCUT2D eigenvalue weighted by Gasteiger charge is 2.55. The van der Waals surface area contributed by atoms with Crippen LogP contribution in [0.3, 0.4) is 0 Å².